The second-order valence-corrected chi connectivity index (χ2v) is 8.59. The predicted octanol–water partition coefficient (Wildman–Crippen LogP) is 4.57. The summed E-state index contributed by atoms with van der Waals surface area (Å²) >= 11 is 0. The third-order valence-corrected chi connectivity index (χ3v) is 5.12. The molecule has 1 aliphatic heterocycles. The van der Waals surface area contributed by atoms with E-state index in [1.54, 1.807) is 7.11 Å². The summed E-state index contributed by atoms with van der Waals surface area (Å²) in [4.78, 5) is 27.8. The second kappa shape index (κ2) is 10.5. The monoisotopic (exact) mass is 436 g/mol. The molecule has 0 unspecified atom stereocenters. The summed E-state index contributed by atoms with van der Waals surface area (Å²) in [6.45, 7) is 9.59. The summed E-state index contributed by atoms with van der Waals surface area (Å²) in [6.07, 6.45) is 0.583. The van der Waals surface area contributed by atoms with Crippen LogP contribution in [0.3, 0.4) is 0 Å². The van der Waals surface area contributed by atoms with Crippen LogP contribution in [0, 0.1) is 19.8 Å². The summed E-state index contributed by atoms with van der Waals surface area (Å²) < 4.78 is 10.9. The first kappa shape index (κ1) is 23.5. The van der Waals surface area contributed by atoms with Crippen LogP contribution in [0.15, 0.2) is 48.2 Å². The summed E-state index contributed by atoms with van der Waals surface area (Å²) in [6, 6.07) is 13.3. The van der Waals surface area contributed by atoms with Crippen LogP contribution >= 0.6 is 0 Å². The number of imide groups is 1. The van der Waals surface area contributed by atoms with Gasteiger partial charge in [-0.25, -0.2) is 0 Å². The van der Waals surface area contributed by atoms with Crippen molar-refractivity contribution in [3.8, 4) is 5.75 Å². The number of benzene rings is 2. The summed E-state index contributed by atoms with van der Waals surface area (Å²) in [5, 5.41) is 3.23. The predicted molar refractivity (Wildman–Crippen MR) is 126 cm³/mol. The Kier molecular flexibility index (Phi) is 7.70. The summed E-state index contributed by atoms with van der Waals surface area (Å²) in [5.41, 5.74) is 4.30. The van der Waals surface area contributed by atoms with E-state index in [-0.39, 0.29) is 11.8 Å². The van der Waals surface area contributed by atoms with E-state index < -0.39 is 0 Å². The van der Waals surface area contributed by atoms with Gasteiger partial charge in [-0.05, 0) is 67.1 Å². The average Bonchev–Trinajstić information content (AvgIpc) is 2.96. The zero-order valence-electron chi connectivity index (χ0n) is 19.5. The van der Waals surface area contributed by atoms with Gasteiger partial charge < -0.3 is 14.8 Å². The molecule has 0 fully saturated rings. The molecule has 1 N–H and O–H groups in total. The van der Waals surface area contributed by atoms with Crippen LogP contribution in [0.5, 0.6) is 5.75 Å². The lowest BCUT2D eigenvalue weighted by Crippen LogP contribution is -2.33. The highest BCUT2D eigenvalue weighted by Gasteiger charge is 2.38. The zero-order valence-corrected chi connectivity index (χ0v) is 19.5. The van der Waals surface area contributed by atoms with Crippen molar-refractivity contribution in [3.63, 3.8) is 0 Å². The molecule has 6 nitrogen and oxygen atoms in total. The van der Waals surface area contributed by atoms with Gasteiger partial charge >= 0.3 is 0 Å². The molecule has 1 aliphatic rings. The second-order valence-electron chi connectivity index (χ2n) is 8.59. The number of carbonyl (C=O) groups is 2. The number of nitrogens with one attached hydrogen (secondary N) is 1. The van der Waals surface area contributed by atoms with Crippen molar-refractivity contribution < 1.29 is 19.1 Å². The molecule has 0 saturated carbocycles. The molecule has 1 heterocycles. The maximum Gasteiger partial charge on any atom is 0.278 e. The number of nitrogens with zero attached hydrogens (tertiary/aromatic N) is 1. The Morgan fingerprint density at radius 1 is 0.969 bits per heavy atom. The van der Waals surface area contributed by atoms with Crippen LogP contribution in [-0.2, 0) is 14.3 Å². The molecule has 2 aromatic carbocycles. The first-order valence-electron chi connectivity index (χ1n) is 11.0. The molecule has 0 aliphatic carbocycles. The van der Waals surface area contributed by atoms with Crippen molar-refractivity contribution in [2.45, 2.75) is 34.1 Å². The third kappa shape index (κ3) is 5.56. The van der Waals surface area contributed by atoms with E-state index >= 15 is 0 Å². The Balaban J connectivity index is 1.95. The lowest BCUT2D eigenvalue weighted by Gasteiger charge is -2.15. The van der Waals surface area contributed by atoms with Crippen LogP contribution in [0.4, 0.5) is 5.69 Å². The number of amides is 2. The SMILES string of the molecule is COCCCN1C(=O)C(Nc2cc(C)cc(C)c2)=C(c2ccc(OCC(C)C)cc2)C1=O. The molecular weight excluding hydrogens is 404 g/mol. The van der Waals surface area contributed by atoms with Crippen LogP contribution in [-0.4, -0.2) is 43.6 Å². The third-order valence-electron chi connectivity index (χ3n) is 5.12. The van der Waals surface area contributed by atoms with Crippen molar-refractivity contribution in [2.75, 3.05) is 32.2 Å². The van der Waals surface area contributed by atoms with Crippen molar-refractivity contribution in [1.29, 1.82) is 0 Å². The van der Waals surface area contributed by atoms with Gasteiger partial charge in [0.15, 0.2) is 0 Å². The largest absolute Gasteiger partial charge is 0.493 e. The minimum Gasteiger partial charge on any atom is -0.493 e. The van der Waals surface area contributed by atoms with Crippen molar-refractivity contribution in [3.05, 3.63) is 64.9 Å². The number of hydrogen-bond donors (Lipinski definition) is 1. The average molecular weight is 437 g/mol. The van der Waals surface area contributed by atoms with Gasteiger partial charge in [-0.15, -0.1) is 0 Å². The van der Waals surface area contributed by atoms with Gasteiger partial charge in [-0.2, -0.15) is 0 Å². The minimum absolute atomic E-state index is 0.297. The van der Waals surface area contributed by atoms with E-state index in [0.717, 1.165) is 22.6 Å². The molecule has 6 heteroatoms. The molecule has 32 heavy (non-hydrogen) atoms. The summed E-state index contributed by atoms with van der Waals surface area (Å²) in [5.74, 6) is 0.537. The highest BCUT2D eigenvalue weighted by molar-refractivity contribution is 6.36. The fourth-order valence-electron chi connectivity index (χ4n) is 3.70. The van der Waals surface area contributed by atoms with Crippen molar-refractivity contribution in [2.24, 2.45) is 5.92 Å². The Bertz CT molecular complexity index is 989. The van der Waals surface area contributed by atoms with Gasteiger partial charge in [-0.3, -0.25) is 14.5 Å². The van der Waals surface area contributed by atoms with E-state index in [1.807, 2.05) is 50.2 Å². The molecule has 0 radical (unpaired) electrons. The lowest BCUT2D eigenvalue weighted by atomic mass is 10.0. The van der Waals surface area contributed by atoms with Gasteiger partial charge in [0.25, 0.3) is 11.8 Å². The number of ether oxygens (including phenoxy) is 2. The maximum atomic E-state index is 13.3. The number of hydrogen-bond acceptors (Lipinski definition) is 5. The topological polar surface area (TPSA) is 67.9 Å². The normalized spacial score (nSPS) is 14.0. The van der Waals surface area contributed by atoms with E-state index in [2.05, 4.69) is 25.2 Å². The first-order valence-corrected chi connectivity index (χ1v) is 11.0. The molecule has 3 rings (SSSR count). The maximum absolute atomic E-state index is 13.3. The number of anilines is 1. The number of carbonyl (C=O) groups excluding carboxylic acids is 2. The van der Waals surface area contributed by atoms with Gasteiger partial charge in [0.2, 0.25) is 0 Å². The first-order chi connectivity index (χ1) is 15.3. The van der Waals surface area contributed by atoms with Gasteiger partial charge in [-0.1, -0.05) is 32.0 Å². The van der Waals surface area contributed by atoms with Gasteiger partial charge in [0.1, 0.15) is 11.4 Å². The lowest BCUT2D eigenvalue weighted by molar-refractivity contribution is -0.136. The van der Waals surface area contributed by atoms with Crippen LogP contribution in [0.25, 0.3) is 5.57 Å². The molecular formula is C26H32N2O4. The van der Waals surface area contributed by atoms with Crippen molar-refractivity contribution in [1.82, 2.24) is 4.90 Å². The molecule has 2 amide bonds. The molecule has 2 aromatic rings. The quantitative estimate of drug-likeness (QED) is 0.437. The van der Waals surface area contributed by atoms with E-state index in [1.165, 1.54) is 4.90 Å². The van der Waals surface area contributed by atoms with Crippen LogP contribution in [0.1, 0.15) is 37.0 Å². The number of methoxy groups -OCH3 is 1. The molecule has 170 valence electrons. The van der Waals surface area contributed by atoms with E-state index in [9.17, 15) is 9.59 Å². The Morgan fingerprint density at radius 3 is 2.22 bits per heavy atom. The zero-order chi connectivity index (χ0) is 23.3. The highest BCUT2D eigenvalue weighted by Crippen LogP contribution is 2.32. The van der Waals surface area contributed by atoms with Crippen LogP contribution < -0.4 is 10.1 Å². The number of aryl methyl sites for hydroxylation is 2. The number of rotatable bonds is 10. The standard InChI is InChI=1S/C26H32N2O4/c1-17(2)16-32-22-9-7-20(8-10-22)23-24(27-21-14-18(3)13-19(4)15-21)26(30)28(25(23)29)11-6-12-31-5/h7-10,13-15,17,27H,6,11-12,16H2,1-5H3. The Hall–Kier alpha value is -3.12. The fraction of sp³-hybridized carbons (Fsp3) is 0.385. The Labute approximate surface area is 190 Å². The van der Waals surface area contributed by atoms with Crippen LogP contribution in [0.2, 0.25) is 0 Å². The molecule has 0 bridgehead atoms. The minimum atomic E-state index is -0.319. The molecule has 0 aromatic heterocycles. The van der Waals surface area contributed by atoms with Crippen molar-refractivity contribution >= 4 is 23.1 Å². The smallest absolute Gasteiger partial charge is 0.278 e. The van der Waals surface area contributed by atoms with E-state index in [0.29, 0.717) is 48.9 Å². The highest BCUT2D eigenvalue weighted by atomic mass is 16.5. The summed E-state index contributed by atoms with van der Waals surface area (Å²) in [7, 11) is 1.60. The van der Waals surface area contributed by atoms with Gasteiger partial charge in [0, 0.05) is 25.9 Å². The van der Waals surface area contributed by atoms with Gasteiger partial charge in [0.05, 0.1) is 12.2 Å². The molecule has 0 saturated heterocycles. The molecule has 0 atom stereocenters. The molecule has 0 spiro atoms. The van der Waals surface area contributed by atoms with E-state index in [4.69, 9.17) is 9.47 Å². The Morgan fingerprint density at radius 2 is 1.62 bits per heavy atom. The fourth-order valence-corrected chi connectivity index (χ4v) is 3.70.